The van der Waals surface area contributed by atoms with E-state index in [9.17, 15) is 9.59 Å². The summed E-state index contributed by atoms with van der Waals surface area (Å²) >= 11 is 0. The molecule has 0 bridgehead atoms. The number of piperidine rings is 1. The van der Waals surface area contributed by atoms with Crippen LogP contribution < -0.4 is 5.76 Å². The van der Waals surface area contributed by atoms with Crippen LogP contribution in [0.3, 0.4) is 0 Å². The Labute approximate surface area is 136 Å². The van der Waals surface area contributed by atoms with Gasteiger partial charge in [-0.1, -0.05) is 6.08 Å². The molecule has 2 aliphatic rings. The molecule has 0 aromatic carbocycles. The quantitative estimate of drug-likeness (QED) is 0.840. The Hall–Kier alpha value is -1.82. The second-order valence-electron chi connectivity index (χ2n) is 6.56. The number of oxazole rings is 1. The lowest BCUT2D eigenvalue weighted by atomic mass is 10.0. The fourth-order valence-electron chi connectivity index (χ4n) is 3.45. The summed E-state index contributed by atoms with van der Waals surface area (Å²) in [7, 11) is 4.00. The van der Waals surface area contributed by atoms with E-state index in [4.69, 9.17) is 4.42 Å². The average molecular weight is 319 g/mol. The third-order valence-electron chi connectivity index (χ3n) is 5.02. The van der Waals surface area contributed by atoms with Gasteiger partial charge in [0.15, 0.2) is 5.76 Å². The molecule has 0 atom stereocenters. The van der Waals surface area contributed by atoms with Crippen molar-refractivity contribution in [3.05, 3.63) is 28.1 Å². The first-order valence-electron chi connectivity index (χ1n) is 8.39. The summed E-state index contributed by atoms with van der Waals surface area (Å²) in [6.45, 7) is 2.47. The predicted octanol–water partition coefficient (Wildman–Crippen LogP) is 1.34. The largest absolute Gasteiger partial charge is 0.419 e. The summed E-state index contributed by atoms with van der Waals surface area (Å²) < 4.78 is 6.87. The van der Waals surface area contributed by atoms with Gasteiger partial charge in [0.25, 0.3) is 0 Å². The summed E-state index contributed by atoms with van der Waals surface area (Å²) in [5, 5.41) is 0. The highest BCUT2D eigenvalue weighted by molar-refractivity contribution is 5.76. The number of nitrogens with zero attached hydrogens (tertiary/aromatic N) is 3. The molecule has 0 saturated carbocycles. The number of hydrogen-bond acceptors (Lipinski definition) is 4. The van der Waals surface area contributed by atoms with E-state index in [1.165, 1.54) is 0 Å². The number of carbonyl (C=O) groups excluding carboxylic acids is 1. The molecule has 1 aromatic rings. The van der Waals surface area contributed by atoms with Gasteiger partial charge in [-0.15, -0.1) is 0 Å². The van der Waals surface area contributed by atoms with Gasteiger partial charge in [-0.05, 0) is 51.9 Å². The van der Waals surface area contributed by atoms with Crippen molar-refractivity contribution in [3.8, 4) is 0 Å². The molecule has 1 fully saturated rings. The number of fused-ring (bicyclic) bond motifs is 1. The number of likely N-dealkylation sites (tertiary alicyclic amines) is 1. The van der Waals surface area contributed by atoms with Crippen molar-refractivity contribution in [1.82, 2.24) is 14.4 Å². The number of allylic oxidation sites excluding steroid dienone is 1. The Balaban J connectivity index is 1.60. The maximum atomic E-state index is 12.5. The van der Waals surface area contributed by atoms with Crippen LogP contribution in [0.5, 0.6) is 0 Å². The van der Waals surface area contributed by atoms with Gasteiger partial charge in [0.1, 0.15) is 0 Å². The first-order valence-corrected chi connectivity index (χ1v) is 8.39. The molecular formula is C17H25N3O3. The third-order valence-corrected chi connectivity index (χ3v) is 5.02. The van der Waals surface area contributed by atoms with Crippen LogP contribution in [0.15, 0.2) is 15.3 Å². The van der Waals surface area contributed by atoms with E-state index < -0.39 is 0 Å². The number of carbonyl (C=O) groups is 1. The first kappa shape index (κ1) is 16.1. The van der Waals surface area contributed by atoms with E-state index in [1.807, 2.05) is 24.1 Å². The molecule has 2 heterocycles. The molecular weight excluding hydrogens is 294 g/mol. The van der Waals surface area contributed by atoms with E-state index in [0.29, 0.717) is 24.8 Å². The molecule has 23 heavy (non-hydrogen) atoms. The minimum absolute atomic E-state index is 0.104. The lowest BCUT2D eigenvalue weighted by Gasteiger charge is -2.35. The number of amides is 1. The summed E-state index contributed by atoms with van der Waals surface area (Å²) in [6, 6.07) is 0.316. The van der Waals surface area contributed by atoms with E-state index in [1.54, 1.807) is 4.57 Å². The van der Waals surface area contributed by atoms with Gasteiger partial charge in [-0.25, -0.2) is 4.79 Å². The zero-order valence-electron chi connectivity index (χ0n) is 14.0. The van der Waals surface area contributed by atoms with E-state index >= 15 is 0 Å². The Morgan fingerprint density at radius 1 is 1.39 bits per heavy atom. The normalized spacial score (nSPS) is 18.9. The van der Waals surface area contributed by atoms with E-state index in [-0.39, 0.29) is 11.7 Å². The van der Waals surface area contributed by atoms with Gasteiger partial charge in [0.2, 0.25) is 5.91 Å². The SMILES string of the molecule is CN1CCC(N(C)C(=O)CCn2c3c(oc2=O)C=CCC3)CC1. The van der Waals surface area contributed by atoms with Crippen molar-refractivity contribution in [2.75, 3.05) is 27.2 Å². The molecule has 0 unspecified atom stereocenters. The smallest absolute Gasteiger partial charge is 0.408 e. The monoisotopic (exact) mass is 319 g/mol. The first-order chi connectivity index (χ1) is 11.1. The summed E-state index contributed by atoms with van der Waals surface area (Å²) in [5.41, 5.74) is 0.923. The van der Waals surface area contributed by atoms with Crippen LogP contribution in [0.4, 0.5) is 0 Å². The third kappa shape index (κ3) is 3.42. The molecule has 0 N–H and O–H groups in total. The van der Waals surface area contributed by atoms with Gasteiger partial charge in [-0.3, -0.25) is 9.36 Å². The summed E-state index contributed by atoms with van der Waals surface area (Å²) in [4.78, 5) is 28.6. The zero-order valence-corrected chi connectivity index (χ0v) is 14.0. The van der Waals surface area contributed by atoms with Crippen molar-refractivity contribution < 1.29 is 9.21 Å². The van der Waals surface area contributed by atoms with Crippen molar-refractivity contribution in [2.45, 2.75) is 44.7 Å². The molecule has 1 amide bonds. The second kappa shape index (κ2) is 6.74. The van der Waals surface area contributed by atoms with Crippen LogP contribution in [-0.2, 0) is 17.8 Å². The highest BCUT2D eigenvalue weighted by atomic mass is 16.4. The zero-order chi connectivity index (χ0) is 16.4. The van der Waals surface area contributed by atoms with Gasteiger partial charge in [0, 0.05) is 26.1 Å². The average Bonchev–Trinajstić information content (AvgIpc) is 2.88. The van der Waals surface area contributed by atoms with Gasteiger partial charge in [0.05, 0.1) is 5.69 Å². The van der Waals surface area contributed by atoms with E-state index in [0.717, 1.165) is 44.5 Å². The maximum Gasteiger partial charge on any atom is 0.419 e. The van der Waals surface area contributed by atoms with Crippen LogP contribution >= 0.6 is 0 Å². The lowest BCUT2D eigenvalue weighted by Crippen LogP contribution is -2.44. The molecule has 6 nitrogen and oxygen atoms in total. The summed E-state index contributed by atoms with van der Waals surface area (Å²) in [5.74, 6) is 0.404. The minimum Gasteiger partial charge on any atom is -0.408 e. The molecule has 1 aromatic heterocycles. The van der Waals surface area contributed by atoms with Gasteiger partial charge >= 0.3 is 5.76 Å². The van der Waals surface area contributed by atoms with E-state index in [2.05, 4.69) is 11.9 Å². The van der Waals surface area contributed by atoms with Crippen molar-refractivity contribution >= 4 is 12.0 Å². The molecule has 1 aliphatic carbocycles. The fraction of sp³-hybridized carbons (Fsp3) is 0.647. The standard InChI is InChI=1S/C17H25N3O3/c1-18-10-7-13(8-11-18)19(2)16(21)9-12-20-14-5-3-4-6-15(14)23-17(20)22/h4,6,13H,3,5,7-12H2,1-2H3. The second-order valence-corrected chi connectivity index (χ2v) is 6.56. The minimum atomic E-state index is -0.351. The number of hydrogen-bond donors (Lipinski definition) is 0. The summed E-state index contributed by atoms with van der Waals surface area (Å²) in [6.07, 6.45) is 7.96. The molecule has 1 saturated heterocycles. The number of aromatic nitrogens is 1. The number of rotatable bonds is 4. The molecule has 1 aliphatic heterocycles. The Kier molecular flexibility index (Phi) is 4.71. The molecule has 0 radical (unpaired) electrons. The topological polar surface area (TPSA) is 58.7 Å². The highest BCUT2D eigenvalue weighted by Gasteiger charge is 2.24. The van der Waals surface area contributed by atoms with Gasteiger partial charge in [-0.2, -0.15) is 0 Å². The van der Waals surface area contributed by atoms with Gasteiger partial charge < -0.3 is 14.2 Å². The van der Waals surface area contributed by atoms with Crippen LogP contribution in [0.25, 0.3) is 6.08 Å². The molecule has 6 heteroatoms. The Bertz CT molecular complexity index is 651. The van der Waals surface area contributed by atoms with Crippen LogP contribution in [0.2, 0.25) is 0 Å². The highest BCUT2D eigenvalue weighted by Crippen LogP contribution is 2.19. The molecule has 3 rings (SSSR count). The van der Waals surface area contributed by atoms with Crippen molar-refractivity contribution in [1.29, 1.82) is 0 Å². The Morgan fingerprint density at radius 2 is 2.13 bits per heavy atom. The van der Waals surface area contributed by atoms with Crippen molar-refractivity contribution in [3.63, 3.8) is 0 Å². The maximum absolute atomic E-state index is 12.5. The molecule has 126 valence electrons. The van der Waals surface area contributed by atoms with Crippen molar-refractivity contribution in [2.24, 2.45) is 0 Å². The van der Waals surface area contributed by atoms with Crippen LogP contribution in [-0.4, -0.2) is 53.5 Å². The lowest BCUT2D eigenvalue weighted by molar-refractivity contribution is -0.133. The molecule has 0 spiro atoms. The predicted molar refractivity (Wildman–Crippen MR) is 88.2 cm³/mol. The van der Waals surface area contributed by atoms with Crippen LogP contribution in [0.1, 0.15) is 37.1 Å². The van der Waals surface area contributed by atoms with Crippen LogP contribution in [0, 0.1) is 0 Å². The Morgan fingerprint density at radius 3 is 2.87 bits per heavy atom. The fourth-order valence-corrected chi connectivity index (χ4v) is 3.45.